The Balaban J connectivity index is 0.000000261. The quantitative estimate of drug-likeness (QED) is 0.564. The van der Waals surface area contributed by atoms with Gasteiger partial charge in [0.05, 0.1) is 0 Å². The van der Waals surface area contributed by atoms with E-state index in [0.29, 0.717) is 6.42 Å². The number of thiocarbonyl (C=S) groups is 1. The molecule has 1 aliphatic rings. The Kier molecular flexibility index (Phi) is 5.03. The molecule has 0 aromatic heterocycles. The number of amides is 1. The van der Waals surface area contributed by atoms with Crippen molar-refractivity contribution in [3.8, 4) is 0 Å². The summed E-state index contributed by atoms with van der Waals surface area (Å²) in [6.07, 6.45) is 3.28. The van der Waals surface area contributed by atoms with Crippen molar-refractivity contribution >= 4 is 23.2 Å². The molecule has 0 aliphatic carbocycles. The maximum atomic E-state index is 10.7. The van der Waals surface area contributed by atoms with E-state index in [1.807, 2.05) is 0 Å². The van der Waals surface area contributed by atoms with Gasteiger partial charge >= 0.3 is 0 Å². The van der Waals surface area contributed by atoms with Crippen LogP contribution in [-0.4, -0.2) is 22.5 Å². The van der Waals surface area contributed by atoms with Crippen LogP contribution in [0.15, 0.2) is 12.8 Å². The van der Waals surface area contributed by atoms with Crippen LogP contribution in [0.4, 0.5) is 0 Å². The second-order valence-electron chi connectivity index (χ2n) is 2.28. The van der Waals surface area contributed by atoms with Crippen molar-refractivity contribution < 1.29 is 4.79 Å². The Bertz CT molecular complexity index is 189. The Morgan fingerprint density at radius 3 is 2.33 bits per heavy atom. The van der Waals surface area contributed by atoms with E-state index < -0.39 is 0 Å². The lowest BCUT2D eigenvalue weighted by molar-refractivity contribution is -0.125. The first-order valence-electron chi connectivity index (χ1n) is 3.55. The number of nitrogens with zero attached hydrogens (tertiary/aromatic N) is 1. The van der Waals surface area contributed by atoms with Crippen LogP contribution in [0.25, 0.3) is 0 Å². The SMILES string of the molecule is C=CN1CCCC1=O.NC(N)=S. The molecule has 0 saturated carbocycles. The molecular weight excluding hydrogens is 174 g/mol. The lowest BCUT2D eigenvalue weighted by Gasteiger charge is -2.05. The van der Waals surface area contributed by atoms with Crippen LogP contribution in [0.1, 0.15) is 12.8 Å². The van der Waals surface area contributed by atoms with E-state index in [2.05, 4.69) is 30.3 Å². The largest absolute Gasteiger partial charge is 0.377 e. The maximum Gasteiger partial charge on any atom is 0.226 e. The molecule has 0 bridgehead atoms. The highest BCUT2D eigenvalue weighted by Crippen LogP contribution is 2.08. The van der Waals surface area contributed by atoms with Gasteiger partial charge in [-0.25, -0.2) is 0 Å². The predicted molar refractivity (Wildman–Crippen MR) is 52.1 cm³/mol. The maximum absolute atomic E-state index is 10.7. The van der Waals surface area contributed by atoms with Gasteiger partial charge in [0, 0.05) is 13.0 Å². The number of rotatable bonds is 1. The summed E-state index contributed by atoms with van der Waals surface area (Å²) >= 11 is 4.09. The van der Waals surface area contributed by atoms with E-state index in [1.165, 1.54) is 0 Å². The molecule has 0 radical (unpaired) electrons. The van der Waals surface area contributed by atoms with Gasteiger partial charge in [-0.1, -0.05) is 6.58 Å². The van der Waals surface area contributed by atoms with Gasteiger partial charge in [-0.3, -0.25) is 4.79 Å². The van der Waals surface area contributed by atoms with E-state index in [1.54, 1.807) is 11.1 Å². The Morgan fingerprint density at radius 1 is 1.67 bits per heavy atom. The molecular formula is C7H13N3OS. The van der Waals surface area contributed by atoms with Crippen LogP contribution in [-0.2, 0) is 4.79 Å². The van der Waals surface area contributed by atoms with Crippen LogP contribution in [0.2, 0.25) is 0 Å². The van der Waals surface area contributed by atoms with E-state index in [4.69, 9.17) is 0 Å². The van der Waals surface area contributed by atoms with E-state index in [0.717, 1.165) is 13.0 Å². The zero-order valence-electron chi connectivity index (χ0n) is 6.82. The molecule has 5 heteroatoms. The van der Waals surface area contributed by atoms with Gasteiger partial charge in [-0.2, -0.15) is 0 Å². The van der Waals surface area contributed by atoms with Crippen molar-refractivity contribution in [3.63, 3.8) is 0 Å². The highest BCUT2D eigenvalue weighted by atomic mass is 32.1. The summed E-state index contributed by atoms with van der Waals surface area (Å²) in [6, 6.07) is 0. The fourth-order valence-electron chi connectivity index (χ4n) is 0.862. The highest BCUT2D eigenvalue weighted by molar-refractivity contribution is 7.80. The lowest BCUT2D eigenvalue weighted by Crippen LogP contribution is -2.18. The molecule has 4 N–H and O–H groups in total. The van der Waals surface area contributed by atoms with Crippen molar-refractivity contribution in [1.82, 2.24) is 4.90 Å². The summed E-state index contributed by atoms with van der Waals surface area (Å²) in [7, 11) is 0. The molecule has 12 heavy (non-hydrogen) atoms. The molecule has 0 unspecified atom stereocenters. The topological polar surface area (TPSA) is 72.3 Å². The summed E-state index contributed by atoms with van der Waals surface area (Å²) in [6.45, 7) is 4.36. The minimum absolute atomic E-state index is 0.000000000000000222. The standard InChI is InChI=1S/C6H9NO.CH4N2S/c1-2-7-5-3-4-6(7)8;2-1(3)4/h2H,1,3-5H2;(H4,2,3,4). The van der Waals surface area contributed by atoms with Crippen LogP contribution in [0.3, 0.4) is 0 Å². The Hall–Kier alpha value is -1.10. The van der Waals surface area contributed by atoms with Crippen molar-refractivity contribution in [3.05, 3.63) is 12.8 Å². The second-order valence-corrected chi connectivity index (χ2v) is 2.75. The van der Waals surface area contributed by atoms with E-state index in [9.17, 15) is 4.79 Å². The molecule has 1 amide bonds. The lowest BCUT2D eigenvalue weighted by atomic mass is 10.4. The molecule has 1 heterocycles. The van der Waals surface area contributed by atoms with Crippen LogP contribution >= 0.6 is 12.2 Å². The molecule has 0 spiro atoms. The molecule has 0 atom stereocenters. The van der Waals surface area contributed by atoms with Crippen LogP contribution in [0.5, 0.6) is 0 Å². The number of likely N-dealkylation sites (tertiary alicyclic amines) is 1. The first-order valence-corrected chi connectivity index (χ1v) is 3.95. The normalized spacial score (nSPS) is 15.0. The van der Waals surface area contributed by atoms with Gasteiger partial charge in [0.25, 0.3) is 0 Å². The summed E-state index contributed by atoms with van der Waals surface area (Å²) in [5.41, 5.74) is 9.24. The fraction of sp³-hybridized carbons (Fsp3) is 0.429. The molecule has 1 aliphatic heterocycles. The fourth-order valence-corrected chi connectivity index (χ4v) is 0.862. The van der Waals surface area contributed by atoms with Gasteiger partial charge in [-0.05, 0) is 24.8 Å². The van der Waals surface area contributed by atoms with Gasteiger partial charge in [0.1, 0.15) is 0 Å². The van der Waals surface area contributed by atoms with Crippen molar-refractivity contribution in [2.24, 2.45) is 11.5 Å². The molecule has 1 fully saturated rings. The number of carbonyl (C=O) groups excluding carboxylic acids is 1. The van der Waals surface area contributed by atoms with E-state index in [-0.39, 0.29) is 11.0 Å². The molecule has 1 rings (SSSR count). The van der Waals surface area contributed by atoms with Crippen molar-refractivity contribution in [2.45, 2.75) is 12.8 Å². The Labute approximate surface area is 77.2 Å². The zero-order valence-corrected chi connectivity index (χ0v) is 7.64. The zero-order chi connectivity index (χ0) is 9.56. The Morgan fingerprint density at radius 2 is 2.17 bits per heavy atom. The number of carbonyl (C=O) groups is 1. The predicted octanol–water partition coefficient (Wildman–Crippen LogP) is -0.0590. The molecule has 1 saturated heterocycles. The first-order chi connectivity index (χ1) is 5.57. The van der Waals surface area contributed by atoms with Crippen molar-refractivity contribution in [2.75, 3.05) is 6.54 Å². The third-order valence-corrected chi connectivity index (χ3v) is 1.33. The third kappa shape index (κ3) is 4.68. The van der Waals surface area contributed by atoms with Crippen molar-refractivity contribution in [1.29, 1.82) is 0 Å². The van der Waals surface area contributed by atoms with Crippen LogP contribution < -0.4 is 11.5 Å². The summed E-state index contributed by atoms with van der Waals surface area (Å²) in [5.74, 6) is 0.208. The number of hydrogen-bond donors (Lipinski definition) is 2. The average Bonchev–Trinajstić information content (AvgIpc) is 2.33. The number of hydrogen-bond acceptors (Lipinski definition) is 2. The monoisotopic (exact) mass is 187 g/mol. The van der Waals surface area contributed by atoms with Gasteiger partial charge < -0.3 is 16.4 Å². The molecule has 0 aromatic rings. The smallest absolute Gasteiger partial charge is 0.226 e. The first kappa shape index (κ1) is 10.9. The molecule has 0 aromatic carbocycles. The van der Waals surface area contributed by atoms with Gasteiger partial charge in [0.2, 0.25) is 5.91 Å². The summed E-state index contributed by atoms with van der Waals surface area (Å²) in [5, 5.41) is 0.000000000000000222. The average molecular weight is 187 g/mol. The molecule has 4 nitrogen and oxygen atoms in total. The van der Waals surface area contributed by atoms with Gasteiger partial charge in [0.15, 0.2) is 5.11 Å². The molecule has 68 valence electrons. The third-order valence-electron chi connectivity index (χ3n) is 1.33. The minimum atomic E-state index is 0.000000000000000222. The minimum Gasteiger partial charge on any atom is -0.377 e. The van der Waals surface area contributed by atoms with Crippen LogP contribution in [0, 0.1) is 0 Å². The number of nitrogens with two attached hydrogens (primary N) is 2. The van der Waals surface area contributed by atoms with E-state index >= 15 is 0 Å². The van der Waals surface area contributed by atoms with Gasteiger partial charge in [-0.15, -0.1) is 0 Å². The summed E-state index contributed by atoms with van der Waals surface area (Å²) < 4.78 is 0. The second kappa shape index (κ2) is 5.54. The highest BCUT2D eigenvalue weighted by Gasteiger charge is 2.15. The summed E-state index contributed by atoms with van der Waals surface area (Å²) in [4.78, 5) is 12.3.